The van der Waals surface area contributed by atoms with Crippen LogP contribution < -0.4 is 5.11 Å². The number of aliphatic carboxylic acids is 1. The van der Waals surface area contributed by atoms with Crippen LogP contribution in [0, 0.1) is 0 Å². The topological polar surface area (TPSA) is 111 Å². The van der Waals surface area contributed by atoms with Gasteiger partial charge in [0, 0.05) is 12.8 Å². The molecular weight excluding hydrogens is 1030 g/mol. The van der Waals surface area contributed by atoms with Crippen molar-refractivity contribution in [2.45, 2.75) is 257 Å². The molecule has 0 saturated carbocycles. The number of carbonyl (C=O) groups excluding carboxylic acids is 3. The Morgan fingerprint density at radius 3 is 0.964 bits per heavy atom. The first-order valence-electron chi connectivity index (χ1n) is 33.0. The van der Waals surface area contributed by atoms with Gasteiger partial charge in [-0.25, -0.2) is 0 Å². The van der Waals surface area contributed by atoms with Gasteiger partial charge in [0.15, 0.2) is 12.4 Å². The summed E-state index contributed by atoms with van der Waals surface area (Å²) in [6.07, 6.45) is 89.0. The molecule has 0 aliphatic rings. The number of allylic oxidation sites excluding steroid dienone is 24. The predicted molar refractivity (Wildman–Crippen MR) is 352 cm³/mol. The fourth-order valence-electron chi connectivity index (χ4n) is 8.60. The zero-order valence-corrected chi connectivity index (χ0v) is 53.5. The summed E-state index contributed by atoms with van der Waals surface area (Å²) in [4.78, 5) is 37.5. The van der Waals surface area contributed by atoms with Crippen molar-refractivity contribution in [3.63, 3.8) is 0 Å². The number of unbranched alkanes of at least 4 members (excludes halogenated alkanes) is 20. The lowest BCUT2D eigenvalue weighted by Crippen LogP contribution is -2.44. The molecule has 83 heavy (non-hydrogen) atoms. The van der Waals surface area contributed by atoms with E-state index in [0.29, 0.717) is 17.4 Å². The molecule has 0 rings (SSSR count). The van der Waals surface area contributed by atoms with E-state index >= 15 is 0 Å². The normalized spacial score (nSPS) is 13.7. The van der Waals surface area contributed by atoms with Crippen LogP contribution in [0.25, 0.3) is 0 Å². The van der Waals surface area contributed by atoms with E-state index in [4.69, 9.17) is 18.9 Å². The van der Waals surface area contributed by atoms with E-state index in [1.54, 1.807) is 0 Å². The molecule has 0 spiro atoms. The zero-order valence-electron chi connectivity index (χ0n) is 53.5. The SMILES string of the molecule is CC/C=C\C/C=C\C/C=C\C/C=C\C/C=C\C/C=C\C/C=C\CCCCCCCCCCCC(=O)OC(COC(=O)CCCCCCCCCCCCC/C=C\C/C=C\C/C=C\C/C=C\C/C=C\CC)COC(OCC[N+](C)(C)C)C(=O)[O-]. The largest absolute Gasteiger partial charge is 0.545 e. The van der Waals surface area contributed by atoms with E-state index in [1.165, 1.54) is 77.0 Å². The number of carboxylic acids is 1. The van der Waals surface area contributed by atoms with Crippen LogP contribution in [0.5, 0.6) is 0 Å². The number of carbonyl (C=O) groups is 3. The summed E-state index contributed by atoms with van der Waals surface area (Å²) in [5.74, 6) is -2.31. The quantitative estimate of drug-likeness (QED) is 0.0195. The van der Waals surface area contributed by atoms with Crippen molar-refractivity contribution in [2.24, 2.45) is 0 Å². The van der Waals surface area contributed by atoms with Crippen molar-refractivity contribution < 1.29 is 42.9 Å². The van der Waals surface area contributed by atoms with E-state index in [2.05, 4.69) is 160 Å². The lowest BCUT2D eigenvalue weighted by Gasteiger charge is -2.26. The number of nitrogens with zero attached hydrogens (tertiary/aromatic N) is 1. The molecule has 9 heteroatoms. The molecule has 0 heterocycles. The minimum atomic E-state index is -1.63. The summed E-state index contributed by atoms with van der Waals surface area (Å²) in [5.41, 5.74) is 0. The second-order valence-corrected chi connectivity index (χ2v) is 22.6. The maximum atomic E-state index is 12.9. The van der Waals surface area contributed by atoms with Crippen molar-refractivity contribution in [3.8, 4) is 0 Å². The van der Waals surface area contributed by atoms with Crippen molar-refractivity contribution in [1.82, 2.24) is 0 Å². The van der Waals surface area contributed by atoms with Gasteiger partial charge in [0.1, 0.15) is 13.2 Å². The highest BCUT2D eigenvalue weighted by molar-refractivity contribution is 5.70. The number of hydrogen-bond donors (Lipinski definition) is 0. The maximum Gasteiger partial charge on any atom is 0.306 e. The molecule has 0 aromatic rings. The van der Waals surface area contributed by atoms with Crippen LogP contribution in [0.4, 0.5) is 0 Å². The Labute approximate surface area is 509 Å². The van der Waals surface area contributed by atoms with Gasteiger partial charge in [0.2, 0.25) is 0 Å². The van der Waals surface area contributed by atoms with Crippen LogP contribution >= 0.6 is 0 Å². The van der Waals surface area contributed by atoms with E-state index in [-0.39, 0.29) is 38.6 Å². The van der Waals surface area contributed by atoms with Gasteiger partial charge in [-0.05, 0) is 116 Å². The van der Waals surface area contributed by atoms with Crippen LogP contribution in [0.2, 0.25) is 0 Å². The lowest BCUT2D eigenvalue weighted by atomic mass is 10.0. The molecule has 0 aliphatic carbocycles. The fraction of sp³-hybridized carbons (Fsp3) is 0.635. The van der Waals surface area contributed by atoms with Crippen molar-refractivity contribution in [3.05, 3.63) is 146 Å². The minimum absolute atomic E-state index is 0.138. The number of esters is 2. The Bertz CT molecular complexity index is 1870. The second-order valence-electron chi connectivity index (χ2n) is 22.6. The van der Waals surface area contributed by atoms with Gasteiger partial charge in [-0.3, -0.25) is 9.59 Å². The molecule has 0 aliphatic heterocycles. The fourth-order valence-corrected chi connectivity index (χ4v) is 8.60. The Balaban J connectivity index is 4.23. The standard InChI is InChI=1S/C74H121NO8/c1-6-8-10-12-14-16-18-20-22-24-26-28-30-32-34-35-36-37-39-41-43-45-47-49-51-53-55-57-59-61-63-65-72(77)83-70(69-82-74(73(78)79)80-67-66-75(3,4)5)68-81-71(76)64-62-60-58-56-54-52-50-48-46-44-42-40-38-33-31-29-27-25-23-21-19-17-15-13-11-9-7-2/h8-11,14-17,20-23,26-29,32-34,36-38,41,43,70,74H,6-7,12-13,18-19,24-25,30-31,35,39-40,42,44-69H2,1-5H3/b10-8-,11-9-,16-14-,17-15-,22-20-,23-21-,28-26-,29-27-,34-32-,37-36-,38-33-,43-41-. The average molecular weight is 1150 g/mol. The lowest BCUT2D eigenvalue weighted by molar-refractivity contribution is -0.870. The van der Waals surface area contributed by atoms with E-state index in [9.17, 15) is 19.5 Å². The predicted octanol–water partition coefficient (Wildman–Crippen LogP) is 19.0. The van der Waals surface area contributed by atoms with Crippen molar-refractivity contribution in [2.75, 3.05) is 47.5 Å². The molecule has 2 atom stereocenters. The summed E-state index contributed by atoms with van der Waals surface area (Å²) >= 11 is 0. The number of quaternary nitrogens is 1. The molecule has 0 radical (unpaired) electrons. The summed E-state index contributed by atoms with van der Waals surface area (Å²) in [5, 5.41) is 11.8. The van der Waals surface area contributed by atoms with Crippen LogP contribution in [-0.4, -0.2) is 82.3 Å². The third kappa shape index (κ3) is 64.6. The van der Waals surface area contributed by atoms with Gasteiger partial charge in [0.25, 0.3) is 0 Å². The highest BCUT2D eigenvalue weighted by Crippen LogP contribution is 2.16. The van der Waals surface area contributed by atoms with Gasteiger partial charge >= 0.3 is 11.9 Å². The Morgan fingerprint density at radius 2 is 0.651 bits per heavy atom. The highest BCUT2D eigenvalue weighted by atomic mass is 16.7. The Hall–Kier alpha value is -4.83. The van der Waals surface area contributed by atoms with Crippen LogP contribution in [-0.2, 0) is 33.3 Å². The van der Waals surface area contributed by atoms with Gasteiger partial charge in [-0.2, -0.15) is 0 Å². The van der Waals surface area contributed by atoms with Crippen LogP contribution in [0.15, 0.2) is 146 Å². The summed E-state index contributed by atoms with van der Waals surface area (Å²) < 4.78 is 22.8. The molecular formula is C74H121NO8. The van der Waals surface area contributed by atoms with Crippen LogP contribution in [0.3, 0.4) is 0 Å². The molecule has 470 valence electrons. The first-order valence-corrected chi connectivity index (χ1v) is 33.0. The van der Waals surface area contributed by atoms with Gasteiger partial charge in [-0.1, -0.05) is 262 Å². The summed E-state index contributed by atoms with van der Waals surface area (Å²) in [6.45, 7) is 4.50. The second kappa shape index (κ2) is 63.2. The van der Waals surface area contributed by atoms with Crippen molar-refractivity contribution >= 4 is 17.9 Å². The molecule has 0 N–H and O–H groups in total. The minimum Gasteiger partial charge on any atom is -0.545 e. The molecule has 0 aromatic carbocycles. The third-order valence-corrected chi connectivity index (χ3v) is 13.6. The first kappa shape index (κ1) is 78.2. The number of hydrogen-bond acceptors (Lipinski definition) is 8. The number of rotatable bonds is 59. The smallest absolute Gasteiger partial charge is 0.306 e. The molecule has 0 saturated heterocycles. The van der Waals surface area contributed by atoms with E-state index in [0.717, 1.165) is 135 Å². The number of ether oxygens (including phenoxy) is 4. The molecule has 2 unspecified atom stereocenters. The third-order valence-electron chi connectivity index (χ3n) is 13.6. The van der Waals surface area contributed by atoms with Gasteiger partial charge in [0.05, 0.1) is 40.3 Å². The first-order chi connectivity index (χ1) is 40.6. The molecule has 0 amide bonds. The number of likely N-dealkylation sites (N-methyl/N-ethyl adjacent to an activating group) is 1. The zero-order chi connectivity index (χ0) is 60.5. The molecule has 0 aromatic heterocycles. The van der Waals surface area contributed by atoms with Crippen molar-refractivity contribution in [1.29, 1.82) is 0 Å². The Morgan fingerprint density at radius 1 is 0.361 bits per heavy atom. The van der Waals surface area contributed by atoms with Gasteiger partial charge in [-0.15, -0.1) is 0 Å². The monoisotopic (exact) mass is 1150 g/mol. The molecule has 0 bridgehead atoms. The van der Waals surface area contributed by atoms with Crippen LogP contribution in [0.1, 0.15) is 245 Å². The average Bonchev–Trinajstić information content (AvgIpc) is 3.46. The summed E-state index contributed by atoms with van der Waals surface area (Å²) in [7, 11) is 5.92. The number of carboxylic acid groups (broad SMARTS) is 1. The summed E-state index contributed by atoms with van der Waals surface area (Å²) in [6, 6.07) is 0. The highest BCUT2D eigenvalue weighted by Gasteiger charge is 2.22. The van der Waals surface area contributed by atoms with Gasteiger partial charge < -0.3 is 33.3 Å². The van der Waals surface area contributed by atoms with E-state index < -0.39 is 24.3 Å². The molecule has 9 nitrogen and oxygen atoms in total. The molecule has 0 fully saturated rings. The maximum absolute atomic E-state index is 12.9. The Kier molecular flexibility index (Phi) is 59.5. The van der Waals surface area contributed by atoms with E-state index in [1.807, 2.05) is 21.1 Å².